The van der Waals surface area contributed by atoms with E-state index in [0.29, 0.717) is 6.54 Å². The molecule has 0 amide bonds. The van der Waals surface area contributed by atoms with Crippen LogP contribution in [0.25, 0.3) is 10.9 Å². The van der Waals surface area contributed by atoms with Crippen LogP contribution in [0.5, 0.6) is 0 Å². The predicted molar refractivity (Wildman–Crippen MR) is 84.9 cm³/mol. The smallest absolute Gasteiger partial charge is 0.137 e. The number of benzene rings is 1. The summed E-state index contributed by atoms with van der Waals surface area (Å²) in [4.78, 5) is 10.7. The minimum atomic E-state index is 0.192. The van der Waals surface area contributed by atoms with Gasteiger partial charge >= 0.3 is 0 Å². The molecule has 0 spiro atoms. The second-order valence-electron chi connectivity index (χ2n) is 4.47. The molecule has 0 saturated carbocycles. The fourth-order valence-electron chi connectivity index (χ4n) is 2.07. The second kappa shape index (κ2) is 7.52. The van der Waals surface area contributed by atoms with Crippen molar-refractivity contribution < 1.29 is 5.11 Å². The summed E-state index contributed by atoms with van der Waals surface area (Å²) in [5.41, 5.74) is 0.924. The van der Waals surface area contributed by atoms with Crippen LogP contribution in [0.1, 0.15) is 6.92 Å². The first kappa shape index (κ1) is 15.2. The van der Waals surface area contributed by atoms with E-state index in [-0.39, 0.29) is 6.61 Å². The van der Waals surface area contributed by atoms with E-state index >= 15 is 0 Å². The Hall–Kier alpha value is -1.24. The Labute approximate surface area is 127 Å². The second-order valence-corrected chi connectivity index (χ2v) is 5.38. The van der Waals surface area contributed by atoms with E-state index in [0.717, 1.165) is 40.8 Å². The highest BCUT2D eigenvalue weighted by atomic mass is 79.9. The van der Waals surface area contributed by atoms with Gasteiger partial charge in [0.1, 0.15) is 12.1 Å². The van der Waals surface area contributed by atoms with E-state index in [1.165, 1.54) is 0 Å². The summed E-state index contributed by atoms with van der Waals surface area (Å²) in [6, 6.07) is 5.96. The van der Waals surface area contributed by atoms with Crippen molar-refractivity contribution >= 4 is 32.7 Å². The molecule has 6 heteroatoms. The minimum absolute atomic E-state index is 0.192. The SMILES string of the molecule is CCN(CCO)CCNc1ncnc2ccc(Br)cc12. The van der Waals surface area contributed by atoms with Gasteiger partial charge in [0, 0.05) is 29.5 Å². The number of rotatable bonds is 7. The van der Waals surface area contributed by atoms with Crippen molar-refractivity contribution in [1.29, 1.82) is 0 Å². The van der Waals surface area contributed by atoms with Gasteiger partial charge in [-0.2, -0.15) is 0 Å². The highest BCUT2D eigenvalue weighted by molar-refractivity contribution is 9.10. The van der Waals surface area contributed by atoms with Gasteiger partial charge in [0.2, 0.25) is 0 Å². The Bertz CT molecular complexity index is 564. The Morgan fingerprint density at radius 2 is 2.15 bits per heavy atom. The topological polar surface area (TPSA) is 61.3 Å². The molecule has 5 nitrogen and oxygen atoms in total. The van der Waals surface area contributed by atoms with Crippen LogP contribution in [-0.2, 0) is 0 Å². The largest absolute Gasteiger partial charge is 0.395 e. The van der Waals surface area contributed by atoms with Crippen LogP contribution < -0.4 is 5.32 Å². The lowest BCUT2D eigenvalue weighted by atomic mass is 10.2. The summed E-state index contributed by atoms with van der Waals surface area (Å²) in [5, 5.41) is 13.3. The third-order valence-corrected chi connectivity index (χ3v) is 3.67. The first-order valence-corrected chi connectivity index (χ1v) is 7.51. The summed E-state index contributed by atoms with van der Waals surface area (Å²) < 4.78 is 1.01. The van der Waals surface area contributed by atoms with Crippen molar-refractivity contribution in [3.05, 3.63) is 29.0 Å². The Kier molecular flexibility index (Phi) is 5.70. The number of aliphatic hydroxyl groups is 1. The van der Waals surface area contributed by atoms with Gasteiger partial charge in [-0.25, -0.2) is 9.97 Å². The van der Waals surface area contributed by atoms with Gasteiger partial charge in [-0.15, -0.1) is 0 Å². The van der Waals surface area contributed by atoms with E-state index in [2.05, 4.69) is 43.0 Å². The number of nitrogens with zero attached hydrogens (tertiary/aromatic N) is 3. The molecule has 108 valence electrons. The van der Waals surface area contributed by atoms with E-state index in [9.17, 15) is 0 Å². The van der Waals surface area contributed by atoms with Crippen LogP contribution in [-0.4, -0.2) is 52.8 Å². The quantitative estimate of drug-likeness (QED) is 0.809. The maximum atomic E-state index is 8.97. The molecule has 0 aliphatic carbocycles. The van der Waals surface area contributed by atoms with Crippen LogP contribution in [0.2, 0.25) is 0 Å². The number of nitrogens with one attached hydrogen (secondary N) is 1. The first-order valence-electron chi connectivity index (χ1n) is 6.72. The molecule has 1 aromatic carbocycles. The minimum Gasteiger partial charge on any atom is -0.395 e. The van der Waals surface area contributed by atoms with Crippen molar-refractivity contribution in [2.75, 3.05) is 38.1 Å². The van der Waals surface area contributed by atoms with Gasteiger partial charge in [-0.1, -0.05) is 22.9 Å². The van der Waals surface area contributed by atoms with E-state index in [4.69, 9.17) is 5.11 Å². The lowest BCUT2D eigenvalue weighted by molar-refractivity contribution is 0.206. The van der Waals surface area contributed by atoms with Gasteiger partial charge in [0.15, 0.2) is 0 Å². The fourth-order valence-corrected chi connectivity index (χ4v) is 2.43. The summed E-state index contributed by atoms with van der Waals surface area (Å²) in [5.74, 6) is 0.844. The molecule has 2 aromatic rings. The summed E-state index contributed by atoms with van der Waals surface area (Å²) >= 11 is 3.47. The first-order chi connectivity index (χ1) is 9.74. The molecule has 0 atom stereocenters. The maximum Gasteiger partial charge on any atom is 0.137 e. The summed E-state index contributed by atoms with van der Waals surface area (Å²) in [6.45, 7) is 5.57. The summed E-state index contributed by atoms with van der Waals surface area (Å²) in [7, 11) is 0. The van der Waals surface area contributed by atoms with Gasteiger partial charge in [0.25, 0.3) is 0 Å². The lowest BCUT2D eigenvalue weighted by Crippen LogP contribution is -2.31. The average molecular weight is 339 g/mol. The highest BCUT2D eigenvalue weighted by Gasteiger charge is 2.05. The van der Waals surface area contributed by atoms with Crippen molar-refractivity contribution in [1.82, 2.24) is 14.9 Å². The molecule has 20 heavy (non-hydrogen) atoms. The van der Waals surface area contributed by atoms with Crippen molar-refractivity contribution in [2.24, 2.45) is 0 Å². The average Bonchev–Trinajstić information content (AvgIpc) is 2.46. The lowest BCUT2D eigenvalue weighted by Gasteiger charge is -2.19. The molecule has 0 bridgehead atoms. The van der Waals surface area contributed by atoms with Crippen LogP contribution in [0, 0.1) is 0 Å². The van der Waals surface area contributed by atoms with E-state index in [1.807, 2.05) is 18.2 Å². The predicted octanol–water partition coefficient (Wildman–Crippen LogP) is 2.12. The molecular weight excluding hydrogens is 320 g/mol. The van der Waals surface area contributed by atoms with Crippen molar-refractivity contribution in [3.8, 4) is 0 Å². The number of hydrogen-bond donors (Lipinski definition) is 2. The molecule has 0 radical (unpaired) electrons. The van der Waals surface area contributed by atoms with Crippen molar-refractivity contribution in [2.45, 2.75) is 6.92 Å². The number of fused-ring (bicyclic) bond motifs is 1. The molecule has 0 aliphatic rings. The number of aliphatic hydroxyl groups excluding tert-OH is 1. The highest BCUT2D eigenvalue weighted by Crippen LogP contribution is 2.22. The standard InChI is InChI=1S/C14H19BrN4O/c1-2-19(7-8-20)6-5-16-14-12-9-11(15)3-4-13(12)17-10-18-14/h3-4,9-10,20H,2,5-8H2,1H3,(H,16,17,18). The zero-order valence-corrected chi connectivity index (χ0v) is 13.1. The van der Waals surface area contributed by atoms with Gasteiger partial charge in [0.05, 0.1) is 12.1 Å². The molecule has 0 fully saturated rings. The number of likely N-dealkylation sites (N-methyl/N-ethyl adjacent to an activating group) is 1. The zero-order valence-electron chi connectivity index (χ0n) is 11.5. The third-order valence-electron chi connectivity index (χ3n) is 3.18. The van der Waals surface area contributed by atoms with Crippen LogP contribution in [0.3, 0.4) is 0 Å². The number of hydrogen-bond acceptors (Lipinski definition) is 5. The molecule has 1 aromatic heterocycles. The Balaban J connectivity index is 2.04. The Morgan fingerprint density at radius 3 is 2.90 bits per heavy atom. The molecular formula is C14H19BrN4O. The molecule has 0 unspecified atom stereocenters. The van der Waals surface area contributed by atoms with Crippen LogP contribution in [0.15, 0.2) is 29.0 Å². The molecule has 0 saturated heterocycles. The molecule has 0 aliphatic heterocycles. The number of halogens is 1. The van der Waals surface area contributed by atoms with Gasteiger partial charge < -0.3 is 10.4 Å². The van der Waals surface area contributed by atoms with E-state index in [1.54, 1.807) is 6.33 Å². The fraction of sp³-hybridized carbons (Fsp3) is 0.429. The Morgan fingerprint density at radius 1 is 1.30 bits per heavy atom. The van der Waals surface area contributed by atoms with Gasteiger partial charge in [-0.05, 0) is 24.7 Å². The van der Waals surface area contributed by atoms with E-state index < -0.39 is 0 Å². The van der Waals surface area contributed by atoms with Crippen molar-refractivity contribution in [3.63, 3.8) is 0 Å². The van der Waals surface area contributed by atoms with Crippen LogP contribution in [0.4, 0.5) is 5.82 Å². The monoisotopic (exact) mass is 338 g/mol. The number of anilines is 1. The van der Waals surface area contributed by atoms with Gasteiger partial charge in [-0.3, -0.25) is 4.90 Å². The third kappa shape index (κ3) is 3.88. The normalized spacial score (nSPS) is 11.2. The molecule has 1 heterocycles. The summed E-state index contributed by atoms with van der Waals surface area (Å²) in [6.07, 6.45) is 1.57. The molecule has 2 N–H and O–H groups in total. The number of aromatic nitrogens is 2. The zero-order chi connectivity index (χ0) is 14.4. The van der Waals surface area contributed by atoms with Crippen LogP contribution >= 0.6 is 15.9 Å². The maximum absolute atomic E-state index is 8.97. The molecule has 2 rings (SSSR count).